The van der Waals surface area contributed by atoms with Crippen molar-refractivity contribution in [2.75, 3.05) is 6.61 Å². The average Bonchev–Trinajstić information content (AvgIpc) is 2.23. The molecular weight excluding hydrogens is 212 g/mol. The summed E-state index contributed by atoms with van der Waals surface area (Å²) in [5, 5.41) is 0. The van der Waals surface area contributed by atoms with Crippen LogP contribution in [0.15, 0.2) is 18.2 Å². The minimum atomic E-state index is -0.922. The summed E-state index contributed by atoms with van der Waals surface area (Å²) in [5.41, 5.74) is 5.58. The third-order valence-corrected chi connectivity index (χ3v) is 2.23. The van der Waals surface area contributed by atoms with Crippen LogP contribution in [0, 0.1) is 11.6 Å². The first-order chi connectivity index (χ1) is 7.61. The van der Waals surface area contributed by atoms with Crippen molar-refractivity contribution in [2.45, 2.75) is 32.2 Å². The summed E-state index contributed by atoms with van der Waals surface area (Å²) in [6.45, 7) is 2.32. The maximum absolute atomic E-state index is 13.1. The molecule has 0 aliphatic heterocycles. The lowest BCUT2D eigenvalue weighted by Gasteiger charge is -2.08. The highest BCUT2D eigenvalue weighted by Gasteiger charge is 2.07. The zero-order chi connectivity index (χ0) is 12.0. The highest BCUT2D eigenvalue weighted by Crippen LogP contribution is 2.19. The molecule has 1 aromatic carbocycles. The lowest BCUT2D eigenvalue weighted by Crippen LogP contribution is -2.14. The van der Waals surface area contributed by atoms with Crippen molar-refractivity contribution < 1.29 is 13.5 Å². The number of hydrogen-bond acceptors (Lipinski definition) is 2. The fourth-order valence-corrected chi connectivity index (χ4v) is 1.35. The predicted molar refractivity (Wildman–Crippen MR) is 59.4 cm³/mol. The molecule has 1 atom stereocenters. The van der Waals surface area contributed by atoms with E-state index in [1.807, 2.05) is 6.92 Å². The fourth-order valence-electron chi connectivity index (χ4n) is 1.35. The molecule has 0 heterocycles. The summed E-state index contributed by atoms with van der Waals surface area (Å²) in [4.78, 5) is 0. The van der Waals surface area contributed by atoms with Gasteiger partial charge >= 0.3 is 0 Å². The molecule has 2 N–H and O–H groups in total. The normalized spacial score (nSPS) is 12.5. The molecule has 0 aromatic heterocycles. The Morgan fingerprint density at radius 1 is 1.31 bits per heavy atom. The number of ether oxygens (including phenoxy) is 1. The molecule has 0 amide bonds. The van der Waals surface area contributed by atoms with E-state index in [1.54, 1.807) is 0 Å². The number of rotatable bonds is 6. The van der Waals surface area contributed by atoms with Crippen molar-refractivity contribution in [1.82, 2.24) is 0 Å². The molecular formula is C12H17F2NO. The lowest BCUT2D eigenvalue weighted by molar-refractivity contribution is 0.284. The second-order valence-corrected chi connectivity index (χ2v) is 3.87. The van der Waals surface area contributed by atoms with E-state index in [9.17, 15) is 8.78 Å². The molecule has 1 unspecified atom stereocenters. The summed E-state index contributed by atoms with van der Waals surface area (Å²) in [7, 11) is 0. The van der Waals surface area contributed by atoms with Crippen LogP contribution in [0.2, 0.25) is 0 Å². The monoisotopic (exact) mass is 229 g/mol. The van der Waals surface area contributed by atoms with Crippen molar-refractivity contribution in [3.8, 4) is 5.75 Å². The van der Waals surface area contributed by atoms with Gasteiger partial charge in [0.1, 0.15) is 0 Å². The van der Waals surface area contributed by atoms with Gasteiger partial charge in [-0.15, -0.1) is 0 Å². The number of benzene rings is 1. The molecule has 1 rings (SSSR count). The van der Waals surface area contributed by atoms with Gasteiger partial charge in [-0.05, 0) is 38.3 Å². The van der Waals surface area contributed by atoms with Crippen LogP contribution in [0.5, 0.6) is 5.75 Å². The van der Waals surface area contributed by atoms with E-state index in [-0.39, 0.29) is 11.8 Å². The molecule has 0 aliphatic rings. The van der Waals surface area contributed by atoms with Gasteiger partial charge in [0.05, 0.1) is 6.61 Å². The minimum absolute atomic E-state index is 0.0270. The van der Waals surface area contributed by atoms with Gasteiger partial charge in [0, 0.05) is 6.04 Å². The summed E-state index contributed by atoms with van der Waals surface area (Å²) in [6, 6.07) is 4.09. The number of hydrogen-bond donors (Lipinski definition) is 1. The predicted octanol–water partition coefficient (Wildman–Crippen LogP) is 2.86. The molecule has 16 heavy (non-hydrogen) atoms. The standard InChI is InChI=1S/C12H17F2NO/c1-9(15)5-2-3-8-16-11-7-4-6-10(13)12(11)14/h4,6-7,9H,2-3,5,8,15H2,1H3. The second kappa shape index (κ2) is 6.43. The van der Waals surface area contributed by atoms with Crippen LogP contribution >= 0.6 is 0 Å². The molecule has 0 saturated carbocycles. The quantitative estimate of drug-likeness (QED) is 0.761. The maximum atomic E-state index is 13.1. The summed E-state index contributed by atoms with van der Waals surface area (Å²) < 4.78 is 31.1. The van der Waals surface area contributed by atoms with Gasteiger partial charge < -0.3 is 10.5 Å². The van der Waals surface area contributed by atoms with Crippen molar-refractivity contribution in [3.05, 3.63) is 29.8 Å². The van der Waals surface area contributed by atoms with Crippen molar-refractivity contribution in [2.24, 2.45) is 5.73 Å². The van der Waals surface area contributed by atoms with Gasteiger partial charge in [0.15, 0.2) is 11.6 Å². The van der Waals surface area contributed by atoms with E-state index in [1.165, 1.54) is 12.1 Å². The third kappa shape index (κ3) is 4.14. The summed E-state index contributed by atoms with van der Waals surface area (Å²) in [6.07, 6.45) is 2.63. The molecule has 0 bridgehead atoms. The molecule has 0 fully saturated rings. The zero-order valence-electron chi connectivity index (χ0n) is 9.38. The highest BCUT2D eigenvalue weighted by atomic mass is 19.2. The van der Waals surface area contributed by atoms with Crippen LogP contribution in [0.25, 0.3) is 0 Å². The molecule has 2 nitrogen and oxygen atoms in total. The first-order valence-electron chi connectivity index (χ1n) is 5.43. The number of nitrogens with two attached hydrogens (primary N) is 1. The largest absolute Gasteiger partial charge is 0.490 e. The Morgan fingerprint density at radius 3 is 2.75 bits per heavy atom. The minimum Gasteiger partial charge on any atom is -0.490 e. The van der Waals surface area contributed by atoms with Gasteiger partial charge in [-0.1, -0.05) is 6.07 Å². The first-order valence-corrected chi connectivity index (χ1v) is 5.43. The number of halogens is 2. The van der Waals surface area contributed by atoms with Crippen molar-refractivity contribution in [3.63, 3.8) is 0 Å². The van der Waals surface area contributed by atoms with Gasteiger partial charge in [-0.25, -0.2) is 4.39 Å². The van der Waals surface area contributed by atoms with Gasteiger partial charge in [0.2, 0.25) is 5.82 Å². The Balaban J connectivity index is 2.29. The molecule has 4 heteroatoms. The van der Waals surface area contributed by atoms with Gasteiger partial charge in [0.25, 0.3) is 0 Å². The van der Waals surface area contributed by atoms with Crippen molar-refractivity contribution in [1.29, 1.82) is 0 Å². The van der Waals surface area contributed by atoms with Crippen LogP contribution in [0.1, 0.15) is 26.2 Å². The summed E-state index contributed by atoms with van der Waals surface area (Å²) >= 11 is 0. The molecule has 0 saturated heterocycles. The lowest BCUT2D eigenvalue weighted by atomic mass is 10.1. The SMILES string of the molecule is CC(N)CCCCOc1cccc(F)c1F. The van der Waals surface area contributed by atoms with E-state index in [2.05, 4.69) is 0 Å². The second-order valence-electron chi connectivity index (χ2n) is 3.87. The Labute approximate surface area is 94.4 Å². The topological polar surface area (TPSA) is 35.2 Å². The van der Waals surface area contributed by atoms with E-state index in [0.717, 1.165) is 25.3 Å². The Hall–Kier alpha value is -1.16. The Kier molecular flexibility index (Phi) is 5.19. The highest BCUT2D eigenvalue weighted by molar-refractivity contribution is 5.24. The average molecular weight is 229 g/mol. The molecule has 90 valence electrons. The molecule has 1 aromatic rings. The van der Waals surface area contributed by atoms with Crippen molar-refractivity contribution >= 4 is 0 Å². The van der Waals surface area contributed by atoms with Crippen LogP contribution in [0.3, 0.4) is 0 Å². The third-order valence-electron chi connectivity index (χ3n) is 2.23. The number of unbranched alkanes of at least 4 members (excludes halogenated alkanes) is 1. The Bertz CT molecular complexity index is 329. The van der Waals surface area contributed by atoms with Gasteiger partial charge in [-0.3, -0.25) is 0 Å². The van der Waals surface area contributed by atoms with E-state index in [4.69, 9.17) is 10.5 Å². The molecule has 0 spiro atoms. The van der Waals surface area contributed by atoms with E-state index < -0.39 is 11.6 Å². The Morgan fingerprint density at radius 2 is 2.06 bits per heavy atom. The van der Waals surface area contributed by atoms with Gasteiger partial charge in [-0.2, -0.15) is 4.39 Å². The molecule has 0 aliphatic carbocycles. The molecule has 0 radical (unpaired) electrons. The van der Waals surface area contributed by atoms with Crippen LogP contribution in [-0.2, 0) is 0 Å². The van der Waals surface area contributed by atoms with Crippen LogP contribution in [-0.4, -0.2) is 12.6 Å². The first kappa shape index (κ1) is 12.9. The fraction of sp³-hybridized carbons (Fsp3) is 0.500. The van der Waals surface area contributed by atoms with Crippen LogP contribution in [0.4, 0.5) is 8.78 Å². The maximum Gasteiger partial charge on any atom is 0.200 e. The van der Waals surface area contributed by atoms with E-state index >= 15 is 0 Å². The van der Waals surface area contributed by atoms with E-state index in [0.29, 0.717) is 6.61 Å². The smallest absolute Gasteiger partial charge is 0.200 e. The summed E-state index contributed by atoms with van der Waals surface area (Å²) in [5.74, 6) is -1.83. The van der Waals surface area contributed by atoms with Crippen LogP contribution < -0.4 is 10.5 Å². The zero-order valence-corrected chi connectivity index (χ0v) is 9.38.